The minimum atomic E-state index is -1.27. The molecule has 4 aliphatic rings. The number of aliphatic hydroxyl groups excluding tert-OH is 1. The van der Waals surface area contributed by atoms with Crippen molar-refractivity contribution in [1.29, 1.82) is 0 Å². The van der Waals surface area contributed by atoms with Crippen LogP contribution in [0.15, 0.2) is 23.3 Å². The van der Waals surface area contributed by atoms with Crippen molar-refractivity contribution in [2.45, 2.75) is 179 Å². The van der Waals surface area contributed by atoms with Crippen molar-refractivity contribution in [2.75, 3.05) is 41.0 Å². The van der Waals surface area contributed by atoms with Crippen molar-refractivity contribution < 1.29 is 33.9 Å². The highest BCUT2D eigenvalue weighted by Gasteiger charge is 2.49. The van der Waals surface area contributed by atoms with Gasteiger partial charge in [-0.25, -0.2) is 0 Å². The van der Waals surface area contributed by atoms with E-state index < -0.39 is 11.9 Å². The number of allylic oxidation sites excluding steroid dienone is 3. The van der Waals surface area contributed by atoms with Gasteiger partial charge < -0.3 is 33.9 Å². The number of piperidine rings is 1. The Bertz CT molecular complexity index is 1120. The summed E-state index contributed by atoms with van der Waals surface area (Å²) in [6.45, 7) is 15.5. The molecule has 8 nitrogen and oxygen atoms in total. The van der Waals surface area contributed by atoms with Gasteiger partial charge in [-0.1, -0.05) is 51.8 Å². The molecule has 0 aromatic rings. The molecule has 0 radical (unpaired) electrons. The fourth-order valence-electron chi connectivity index (χ4n) is 9.81. The number of methoxy groups -OCH3 is 3. The third-order valence-corrected chi connectivity index (χ3v) is 13.8. The van der Waals surface area contributed by atoms with Gasteiger partial charge in [0.1, 0.15) is 6.10 Å². The summed E-state index contributed by atoms with van der Waals surface area (Å²) in [6, 6.07) is 0.238. The molecule has 14 atom stereocenters. The molecule has 52 heavy (non-hydrogen) atoms. The molecule has 302 valence electrons. The van der Waals surface area contributed by atoms with Crippen LogP contribution in [-0.2, 0) is 23.7 Å². The first kappa shape index (κ1) is 44.2. The molecule has 0 aromatic carbocycles. The summed E-state index contributed by atoms with van der Waals surface area (Å²) in [6.07, 6.45) is 15.5. The summed E-state index contributed by atoms with van der Waals surface area (Å²) < 4.78 is 31.5. The molecule has 1 aliphatic carbocycles. The van der Waals surface area contributed by atoms with Crippen LogP contribution in [0, 0.1) is 29.6 Å². The van der Waals surface area contributed by atoms with Gasteiger partial charge in [0.05, 0.1) is 42.5 Å². The SMILES string of the molecule is CC[C@H]1/C=C(\C)C[C@H](C)C[C@H](OC)[C@H]2O[C@](O)(CCN3CCCC[C@H]3CO[C@H](/C(C)=C/[C@@H]3CC[C@H](Cl)[C@H](OC)C3)[C@H](C)[C@@H](O)CC1)[C@H](C)C[C@@H]2OC. The van der Waals surface area contributed by atoms with E-state index in [-0.39, 0.29) is 53.8 Å². The monoisotopic (exact) mass is 754 g/mol. The topological polar surface area (TPSA) is 89.9 Å². The minimum absolute atomic E-state index is 0.0542. The van der Waals surface area contributed by atoms with E-state index in [4.69, 9.17) is 35.3 Å². The molecule has 0 amide bonds. The number of hydrogen-bond acceptors (Lipinski definition) is 8. The number of fused-ring (bicyclic) bond motifs is 3. The van der Waals surface area contributed by atoms with Crippen LogP contribution in [0.3, 0.4) is 0 Å². The van der Waals surface area contributed by atoms with Crippen LogP contribution in [0.1, 0.15) is 125 Å². The van der Waals surface area contributed by atoms with E-state index in [1.165, 1.54) is 11.1 Å². The lowest BCUT2D eigenvalue weighted by molar-refractivity contribution is -0.324. The first-order chi connectivity index (χ1) is 24.8. The van der Waals surface area contributed by atoms with Crippen LogP contribution in [-0.4, -0.2) is 110 Å². The van der Waals surface area contributed by atoms with Crippen molar-refractivity contribution in [3.05, 3.63) is 23.3 Å². The lowest BCUT2D eigenvalue weighted by Crippen LogP contribution is -2.58. The van der Waals surface area contributed by atoms with Crippen LogP contribution in [0.5, 0.6) is 0 Å². The molecule has 2 saturated heterocycles. The third-order valence-electron chi connectivity index (χ3n) is 13.3. The van der Waals surface area contributed by atoms with E-state index in [9.17, 15) is 10.2 Å². The second kappa shape index (κ2) is 21.1. The van der Waals surface area contributed by atoms with Gasteiger partial charge >= 0.3 is 0 Å². The van der Waals surface area contributed by atoms with E-state index in [0.717, 1.165) is 90.1 Å². The first-order valence-electron chi connectivity index (χ1n) is 20.8. The molecule has 0 unspecified atom stereocenters. The Morgan fingerprint density at radius 3 is 2.37 bits per heavy atom. The number of nitrogens with zero attached hydrogens (tertiary/aromatic N) is 1. The fourth-order valence-corrected chi connectivity index (χ4v) is 10.1. The second-order valence-corrected chi connectivity index (χ2v) is 17.9. The zero-order chi connectivity index (χ0) is 38.0. The number of rotatable bonds is 6. The second-order valence-electron chi connectivity index (χ2n) is 17.3. The minimum Gasteiger partial charge on any atom is -0.393 e. The Balaban J connectivity index is 1.63. The summed E-state index contributed by atoms with van der Waals surface area (Å²) >= 11 is 6.60. The summed E-state index contributed by atoms with van der Waals surface area (Å²) in [7, 11) is 5.27. The highest BCUT2D eigenvalue weighted by atomic mass is 35.5. The van der Waals surface area contributed by atoms with Gasteiger partial charge in [0, 0.05) is 52.2 Å². The normalized spacial score (nSPS) is 44.2. The van der Waals surface area contributed by atoms with Gasteiger partial charge in [-0.3, -0.25) is 4.90 Å². The maximum absolute atomic E-state index is 12.2. The smallest absolute Gasteiger partial charge is 0.169 e. The van der Waals surface area contributed by atoms with Gasteiger partial charge in [-0.15, -0.1) is 11.6 Å². The van der Waals surface area contributed by atoms with Crippen LogP contribution >= 0.6 is 11.6 Å². The molecule has 2 bridgehead atoms. The molecule has 1 saturated carbocycles. The summed E-state index contributed by atoms with van der Waals surface area (Å²) in [5.41, 5.74) is 2.57. The van der Waals surface area contributed by atoms with E-state index in [1.807, 2.05) is 0 Å². The lowest BCUT2D eigenvalue weighted by atomic mass is 9.82. The van der Waals surface area contributed by atoms with Gasteiger partial charge in [0.2, 0.25) is 0 Å². The van der Waals surface area contributed by atoms with Crippen molar-refractivity contribution in [3.8, 4) is 0 Å². The Labute approximate surface area is 322 Å². The Hall–Kier alpha value is -0.550. The molecule has 4 rings (SSSR count). The molecular weight excluding hydrogens is 678 g/mol. The zero-order valence-electron chi connectivity index (χ0n) is 34.2. The Kier molecular flexibility index (Phi) is 17.9. The molecule has 0 spiro atoms. The zero-order valence-corrected chi connectivity index (χ0v) is 35.0. The Morgan fingerprint density at radius 1 is 0.962 bits per heavy atom. The van der Waals surface area contributed by atoms with Gasteiger partial charge in [0.25, 0.3) is 0 Å². The number of ether oxygens (including phenoxy) is 5. The van der Waals surface area contributed by atoms with Crippen LogP contribution in [0.2, 0.25) is 0 Å². The molecular formula is C43H76ClNO7. The number of aliphatic hydroxyl groups is 2. The fraction of sp³-hybridized carbons (Fsp3) is 0.907. The van der Waals surface area contributed by atoms with Crippen LogP contribution in [0.25, 0.3) is 0 Å². The lowest BCUT2D eigenvalue weighted by Gasteiger charge is -2.48. The standard InChI is InChI=1S/C43H76ClNO7/c1-10-33-15-17-37(46)32(6)41(30(4)24-34-14-16-36(44)38(26-34)48-7)51-27-35-13-11-12-19-45(35)20-18-43(47)31(5)25-40(50-9)42(52-43)39(49-8)23-29(3)21-28(2)22-33/h22,24,29,31-42,46-47H,10-21,23,25-27H2,1-9H3/b28-22+,30-24+/t29-,31+,32+,33+,34-,35-,36-,37-,38+,39-,40-,41+,42+,43+/m0/s1. The molecule has 3 fully saturated rings. The van der Waals surface area contributed by atoms with Gasteiger partial charge in [-0.05, 0) is 114 Å². The number of hydrogen-bond donors (Lipinski definition) is 2. The average molecular weight is 755 g/mol. The maximum Gasteiger partial charge on any atom is 0.169 e. The third kappa shape index (κ3) is 12.0. The van der Waals surface area contributed by atoms with Crippen molar-refractivity contribution in [1.82, 2.24) is 4.90 Å². The van der Waals surface area contributed by atoms with E-state index in [0.29, 0.717) is 30.8 Å². The predicted octanol–water partition coefficient (Wildman–Crippen LogP) is 8.31. The van der Waals surface area contributed by atoms with E-state index in [2.05, 4.69) is 58.6 Å². The van der Waals surface area contributed by atoms with Crippen molar-refractivity contribution in [2.24, 2.45) is 29.6 Å². The summed E-state index contributed by atoms with van der Waals surface area (Å²) in [5.74, 6) is -0.253. The highest BCUT2D eigenvalue weighted by molar-refractivity contribution is 6.21. The van der Waals surface area contributed by atoms with E-state index >= 15 is 0 Å². The van der Waals surface area contributed by atoms with E-state index in [1.54, 1.807) is 21.3 Å². The van der Waals surface area contributed by atoms with Gasteiger partial charge in [-0.2, -0.15) is 0 Å². The van der Waals surface area contributed by atoms with Crippen molar-refractivity contribution in [3.63, 3.8) is 0 Å². The summed E-state index contributed by atoms with van der Waals surface area (Å²) in [4.78, 5) is 2.51. The van der Waals surface area contributed by atoms with Crippen molar-refractivity contribution >= 4 is 11.6 Å². The molecule has 3 heterocycles. The predicted molar refractivity (Wildman–Crippen MR) is 211 cm³/mol. The largest absolute Gasteiger partial charge is 0.393 e. The molecule has 9 heteroatoms. The maximum atomic E-state index is 12.2. The van der Waals surface area contributed by atoms with Crippen LogP contribution in [0.4, 0.5) is 0 Å². The average Bonchev–Trinajstić information content (AvgIpc) is 3.13. The van der Waals surface area contributed by atoms with Gasteiger partial charge in [0.15, 0.2) is 5.79 Å². The molecule has 3 aliphatic heterocycles. The first-order valence-corrected chi connectivity index (χ1v) is 21.3. The Morgan fingerprint density at radius 2 is 1.67 bits per heavy atom. The van der Waals surface area contributed by atoms with Crippen LogP contribution < -0.4 is 0 Å². The summed E-state index contributed by atoms with van der Waals surface area (Å²) in [5, 5.41) is 24.0. The number of halogens is 1. The molecule has 2 N–H and O–H groups in total. The number of alkyl halides is 1. The highest BCUT2D eigenvalue weighted by Crippen LogP contribution is 2.40. The molecule has 0 aromatic heterocycles. The quantitative estimate of drug-likeness (QED) is 0.207.